The van der Waals surface area contributed by atoms with Crippen LogP contribution in [0.5, 0.6) is 0 Å². The first-order valence-electron chi connectivity index (χ1n) is 4.90. The van der Waals surface area contributed by atoms with Crippen molar-refractivity contribution in [1.82, 2.24) is 0 Å². The van der Waals surface area contributed by atoms with Crippen molar-refractivity contribution in [2.75, 3.05) is 0 Å². The average molecular weight is 315 g/mol. The maximum absolute atomic E-state index is 10.2. The van der Waals surface area contributed by atoms with Gasteiger partial charge in [0.05, 0.1) is 5.97 Å². The predicted octanol–water partition coefficient (Wildman–Crippen LogP) is -0.524. The van der Waals surface area contributed by atoms with E-state index in [1.165, 1.54) is 6.08 Å². The molecule has 2 aromatic rings. The van der Waals surface area contributed by atoms with E-state index in [0.29, 0.717) is 11.5 Å². The second-order valence-corrected chi connectivity index (χ2v) is 4.28. The molecule has 0 bridgehead atoms. The van der Waals surface area contributed by atoms with Crippen LogP contribution in [0.3, 0.4) is 0 Å². The van der Waals surface area contributed by atoms with Gasteiger partial charge in [-0.3, -0.25) is 0 Å². The summed E-state index contributed by atoms with van der Waals surface area (Å²) < 4.78 is 6.46. The summed E-state index contributed by atoms with van der Waals surface area (Å²) in [4.78, 5) is 10.2. The molecule has 18 heavy (non-hydrogen) atoms. The minimum absolute atomic E-state index is 0. The van der Waals surface area contributed by atoms with E-state index >= 15 is 0 Å². The van der Waals surface area contributed by atoms with Crippen LogP contribution in [0.25, 0.3) is 17.4 Å². The van der Waals surface area contributed by atoms with Crippen molar-refractivity contribution in [3.63, 3.8) is 0 Å². The fraction of sp³-hybridized carbons (Fsp3) is 0. The summed E-state index contributed by atoms with van der Waals surface area (Å²) in [5, 5.41) is 10.2. The SMILES string of the molecule is O=C([O-])C=Cc1ccc(-c2ccc(Br)cc2)o1.[Na+]. The van der Waals surface area contributed by atoms with E-state index in [2.05, 4.69) is 15.9 Å². The molecule has 1 aromatic heterocycles. The zero-order chi connectivity index (χ0) is 12.3. The number of halogens is 1. The molecule has 0 aliphatic carbocycles. The monoisotopic (exact) mass is 314 g/mol. The molecule has 0 N–H and O–H groups in total. The summed E-state index contributed by atoms with van der Waals surface area (Å²) in [6.07, 6.45) is 2.29. The number of benzene rings is 1. The Morgan fingerprint density at radius 2 is 1.83 bits per heavy atom. The summed E-state index contributed by atoms with van der Waals surface area (Å²) in [5.74, 6) is -0.0748. The van der Waals surface area contributed by atoms with Gasteiger partial charge < -0.3 is 14.3 Å². The first-order valence-corrected chi connectivity index (χ1v) is 5.69. The van der Waals surface area contributed by atoms with Gasteiger partial charge in [0.1, 0.15) is 11.5 Å². The normalized spacial score (nSPS) is 10.3. The average Bonchev–Trinajstić information content (AvgIpc) is 2.76. The Kier molecular flexibility index (Phi) is 5.88. The van der Waals surface area contributed by atoms with Gasteiger partial charge in [-0.15, -0.1) is 0 Å². The van der Waals surface area contributed by atoms with Crippen molar-refractivity contribution in [3.8, 4) is 11.3 Å². The molecule has 0 fully saturated rings. The summed E-state index contributed by atoms with van der Waals surface area (Å²) in [6, 6.07) is 11.1. The Hall–Kier alpha value is -0.810. The minimum Gasteiger partial charge on any atom is -0.545 e. The molecule has 86 valence electrons. The van der Waals surface area contributed by atoms with Crippen molar-refractivity contribution in [2.24, 2.45) is 0 Å². The van der Waals surface area contributed by atoms with Gasteiger partial charge in [-0.2, -0.15) is 0 Å². The number of aliphatic carboxylic acids is 1. The van der Waals surface area contributed by atoms with Gasteiger partial charge in [-0.05, 0) is 36.4 Å². The third-order valence-electron chi connectivity index (χ3n) is 2.14. The molecule has 0 radical (unpaired) electrons. The number of carboxylic acids is 1. The van der Waals surface area contributed by atoms with Gasteiger partial charge in [0.2, 0.25) is 0 Å². The molecule has 0 spiro atoms. The maximum atomic E-state index is 10.2. The van der Waals surface area contributed by atoms with E-state index in [-0.39, 0.29) is 29.6 Å². The molecule has 1 heterocycles. The molecular weight excluding hydrogens is 307 g/mol. The van der Waals surface area contributed by atoms with Crippen LogP contribution in [-0.4, -0.2) is 5.97 Å². The van der Waals surface area contributed by atoms with Crippen molar-refractivity contribution in [3.05, 3.63) is 52.7 Å². The van der Waals surface area contributed by atoms with Crippen LogP contribution >= 0.6 is 15.9 Å². The smallest absolute Gasteiger partial charge is 0.545 e. The van der Waals surface area contributed by atoms with E-state index in [9.17, 15) is 9.90 Å². The second kappa shape index (κ2) is 6.95. The summed E-state index contributed by atoms with van der Waals surface area (Å²) >= 11 is 3.35. The Morgan fingerprint density at radius 3 is 2.44 bits per heavy atom. The van der Waals surface area contributed by atoms with Crippen LogP contribution in [0.2, 0.25) is 0 Å². The van der Waals surface area contributed by atoms with Gasteiger partial charge in [-0.25, -0.2) is 0 Å². The first-order chi connectivity index (χ1) is 8.15. The van der Waals surface area contributed by atoms with Crippen molar-refractivity contribution in [1.29, 1.82) is 0 Å². The molecule has 0 saturated carbocycles. The van der Waals surface area contributed by atoms with Crippen molar-refractivity contribution >= 4 is 28.0 Å². The molecule has 0 amide bonds. The fourth-order valence-corrected chi connectivity index (χ4v) is 1.63. The number of rotatable bonds is 3. The zero-order valence-corrected chi connectivity index (χ0v) is 13.3. The van der Waals surface area contributed by atoms with Crippen LogP contribution in [-0.2, 0) is 4.79 Å². The predicted molar refractivity (Wildman–Crippen MR) is 65.9 cm³/mol. The van der Waals surface area contributed by atoms with Crippen LogP contribution in [0.15, 0.2) is 51.4 Å². The third-order valence-corrected chi connectivity index (χ3v) is 2.67. The number of furan rings is 1. The number of hydrogen-bond acceptors (Lipinski definition) is 3. The Balaban J connectivity index is 0.00000162. The molecular formula is C13H8BrNaO3. The third kappa shape index (κ3) is 4.14. The van der Waals surface area contributed by atoms with Crippen LogP contribution in [0.4, 0.5) is 0 Å². The van der Waals surface area contributed by atoms with Crippen LogP contribution in [0.1, 0.15) is 5.76 Å². The number of carbonyl (C=O) groups is 1. The largest absolute Gasteiger partial charge is 1.00 e. The van der Waals surface area contributed by atoms with Crippen LogP contribution in [0, 0.1) is 0 Å². The number of hydrogen-bond donors (Lipinski definition) is 0. The standard InChI is InChI=1S/C13H9BrO3.Na/c14-10-3-1-9(2-4-10)12-7-5-11(17-12)6-8-13(15)16;/h1-8H,(H,15,16);/q;+1/p-1. The number of carbonyl (C=O) groups excluding carboxylic acids is 1. The zero-order valence-electron chi connectivity index (χ0n) is 9.72. The van der Waals surface area contributed by atoms with Gasteiger partial charge >= 0.3 is 29.6 Å². The maximum Gasteiger partial charge on any atom is 1.00 e. The molecule has 2 rings (SSSR count). The Labute approximate surface area is 135 Å². The summed E-state index contributed by atoms with van der Waals surface area (Å²) in [6.45, 7) is 0. The van der Waals surface area contributed by atoms with E-state index in [1.54, 1.807) is 12.1 Å². The molecule has 0 atom stereocenters. The van der Waals surface area contributed by atoms with E-state index < -0.39 is 5.97 Å². The van der Waals surface area contributed by atoms with Gasteiger partial charge in [0.25, 0.3) is 0 Å². The fourth-order valence-electron chi connectivity index (χ4n) is 1.36. The molecule has 3 nitrogen and oxygen atoms in total. The summed E-state index contributed by atoms with van der Waals surface area (Å²) in [7, 11) is 0. The summed E-state index contributed by atoms with van der Waals surface area (Å²) in [5.41, 5.74) is 0.932. The molecule has 0 aliphatic rings. The van der Waals surface area contributed by atoms with Gasteiger partial charge in [0.15, 0.2) is 0 Å². The second-order valence-electron chi connectivity index (χ2n) is 3.36. The Morgan fingerprint density at radius 1 is 1.17 bits per heavy atom. The van der Waals surface area contributed by atoms with Gasteiger partial charge in [-0.1, -0.05) is 28.1 Å². The van der Waals surface area contributed by atoms with Crippen molar-refractivity contribution < 1.29 is 43.9 Å². The molecule has 1 aromatic carbocycles. The quantitative estimate of drug-likeness (QED) is 0.566. The minimum atomic E-state index is -1.24. The van der Waals surface area contributed by atoms with Crippen molar-refractivity contribution in [2.45, 2.75) is 0 Å². The van der Waals surface area contributed by atoms with E-state index in [0.717, 1.165) is 16.1 Å². The van der Waals surface area contributed by atoms with Crippen LogP contribution < -0.4 is 34.7 Å². The van der Waals surface area contributed by atoms with Gasteiger partial charge in [0, 0.05) is 10.0 Å². The number of carboxylic acid groups (broad SMARTS) is 1. The Bertz CT molecular complexity index is 558. The first kappa shape index (κ1) is 15.2. The van der Waals surface area contributed by atoms with E-state index in [1.807, 2.05) is 24.3 Å². The van der Waals surface area contributed by atoms with E-state index in [4.69, 9.17) is 4.42 Å². The molecule has 0 saturated heterocycles. The topological polar surface area (TPSA) is 53.3 Å². The molecule has 5 heteroatoms. The molecule has 0 unspecified atom stereocenters. The molecule has 0 aliphatic heterocycles.